The molecule has 2 atom stereocenters. The molecule has 2 N–H and O–H groups in total. The number of nitrogens with zero attached hydrogens (tertiary/aromatic N) is 1. The molecule has 5 heteroatoms. The van der Waals surface area contributed by atoms with Crippen LogP contribution in [0.2, 0.25) is 0 Å². The van der Waals surface area contributed by atoms with Crippen molar-refractivity contribution < 1.29 is 14.6 Å². The molecule has 2 rings (SSSR count). The zero-order chi connectivity index (χ0) is 9.97. The molecular weight excluding hydrogens is 184 g/mol. The van der Waals surface area contributed by atoms with Crippen LogP contribution >= 0.6 is 0 Å². The molecule has 0 spiro atoms. The van der Waals surface area contributed by atoms with E-state index in [1.54, 1.807) is 0 Å². The molecule has 0 aromatic heterocycles. The smallest absolute Gasteiger partial charge is 0.222 e. The molecule has 0 bridgehead atoms. The van der Waals surface area contributed by atoms with Gasteiger partial charge in [-0.3, -0.25) is 9.69 Å². The molecule has 0 saturated carbocycles. The summed E-state index contributed by atoms with van der Waals surface area (Å²) < 4.78 is 5.61. The molecular formula is C9H16N2O3. The number of hydrogen-bond donors (Lipinski definition) is 2. The highest BCUT2D eigenvalue weighted by Crippen LogP contribution is 2.22. The highest BCUT2D eigenvalue weighted by atomic mass is 16.5. The van der Waals surface area contributed by atoms with Gasteiger partial charge in [-0.15, -0.1) is 0 Å². The maximum Gasteiger partial charge on any atom is 0.222 e. The van der Waals surface area contributed by atoms with Crippen LogP contribution in [0.5, 0.6) is 0 Å². The first-order valence-corrected chi connectivity index (χ1v) is 5.06. The van der Waals surface area contributed by atoms with Crippen molar-refractivity contribution in [2.24, 2.45) is 0 Å². The number of hydrogen-bond acceptors (Lipinski definition) is 4. The van der Waals surface area contributed by atoms with Gasteiger partial charge in [0.2, 0.25) is 5.91 Å². The SMILES string of the molecule is O=C1CCN(C2CCC(CO)O2)CN1. The Hall–Kier alpha value is -0.650. The van der Waals surface area contributed by atoms with Crippen molar-refractivity contribution >= 4 is 5.91 Å². The fraction of sp³-hybridized carbons (Fsp3) is 0.889. The Morgan fingerprint density at radius 3 is 3.00 bits per heavy atom. The normalized spacial score (nSPS) is 34.5. The molecule has 14 heavy (non-hydrogen) atoms. The number of carbonyl (C=O) groups excluding carboxylic acids is 1. The van der Waals surface area contributed by atoms with E-state index in [0.29, 0.717) is 13.1 Å². The second-order valence-corrected chi connectivity index (χ2v) is 3.79. The summed E-state index contributed by atoms with van der Waals surface area (Å²) in [5, 5.41) is 11.7. The number of nitrogens with one attached hydrogen (secondary N) is 1. The molecule has 2 saturated heterocycles. The lowest BCUT2D eigenvalue weighted by Crippen LogP contribution is -2.49. The van der Waals surface area contributed by atoms with Gasteiger partial charge in [0.05, 0.1) is 19.4 Å². The molecule has 2 aliphatic rings. The van der Waals surface area contributed by atoms with Crippen LogP contribution < -0.4 is 5.32 Å². The summed E-state index contributed by atoms with van der Waals surface area (Å²) in [6.07, 6.45) is 2.46. The number of aliphatic hydroxyl groups excluding tert-OH is 1. The van der Waals surface area contributed by atoms with Gasteiger partial charge < -0.3 is 15.2 Å². The van der Waals surface area contributed by atoms with Gasteiger partial charge in [0, 0.05) is 13.0 Å². The average Bonchev–Trinajstić information content (AvgIpc) is 2.67. The van der Waals surface area contributed by atoms with E-state index in [1.165, 1.54) is 0 Å². The van der Waals surface area contributed by atoms with Gasteiger partial charge in [-0.2, -0.15) is 0 Å². The van der Waals surface area contributed by atoms with Crippen molar-refractivity contribution in [1.29, 1.82) is 0 Å². The maximum atomic E-state index is 10.9. The minimum atomic E-state index is -0.0161. The van der Waals surface area contributed by atoms with E-state index >= 15 is 0 Å². The van der Waals surface area contributed by atoms with Gasteiger partial charge in [-0.1, -0.05) is 0 Å². The van der Waals surface area contributed by atoms with E-state index in [0.717, 1.165) is 19.4 Å². The van der Waals surface area contributed by atoms with E-state index in [4.69, 9.17) is 9.84 Å². The summed E-state index contributed by atoms with van der Waals surface area (Å²) in [4.78, 5) is 13.0. The Labute approximate surface area is 83.0 Å². The summed E-state index contributed by atoms with van der Waals surface area (Å²) in [5.41, 5.74) is 0. The number of rotatable bonds is 2. The Morgan fingerprint density at radius 2 is 2.43 bits per heavy atom. The van der Waals surface area contributed by atoms with Crippen LogP contribution in [-0.2, 0) is 9.53 Å². The van der Waals surface area contributed by atoms with Gasteiger partial charge in [0.1, 0.15) is 6.23 Å². The molecule has 0 aliphatic carbocycles. The first-order chi connectivity index (χ1) is 6.79. The van der Waals surface area contributed by atoms with Gasteiger partial charge in [0.25, 0.3) is 0 Å². The Morgan fingerprint density at radius 1 is 1.57 bits per heavy atom. The molecule has 2 heterocycles. The largest absolute Gasteiger partial charge is 0.394 e. The van der Waals surface area contributed by atoms with Crippen LogP contribution in [0.15, 0.2) is 0 Å². The number of aliphatic hydroxyl groups is 1. The third-order valence-corrected chi connectivity index (χ3v) is 2.80. The summed E-state index contributed by atoms with van der Waals surface area (Å²) in [6.45, 7) is 1.42. The first-order valence-electron chi connectivity index (χ1n) is 5.06. The van der Waals surface area contributed by atoms with Crippen molar-refractivity contribution in [2.45, 2.75) is 31.6 Å². The Kier molecular flexibility index (Phi) is 3.00. The first kappa shape index (κ1) is 9.89. The lowest BCUT2D eigenvalue weighted by Gasteiger charge is -2.31. The average molecular weight is 200 g/mol. The molecule has 0 aromatic rings. The predicted molar refractivity (Wildman–Crippen MR) is 49.3 cm³/mol. The van der Waals surface area contributed by atoms with E-state index in [2.05, 4.69) is 10.2 Å². The van der Waals surface area contributed by atoms with E-state index in [9.17, 15) is 4.79 Å². The highest BCUT2D eigenvalue weighted by molar-refractivity contribution is 5.76. The Bertz CT molecular complexity index is 212. The fourth-order valence-electron chi connectivity index (χ4n) is 1.94. The van der Waals surface area contributed by atoms with Crippen LogP contribution in [0.4, 0.5) is 0 Å². The highest BCUT2D eigenvalue weighted by Gasteiger charge is 2.31. The molecule has 1 amide bonds. The van der Waals surface area contributed by atoms with Crippen molar-refractivity contribution in [1.82, 2.24) is 10.2 Å². The van der Waals surface area contributed by atoms with E-state index in [-0.39, 0.29) is 24.8 Å². The van der Waals surface area contributed by atoms with Crippen LogP contribution in [0.1, 0.15) is 19.3 Å². The molecule has 2 aliphatic heterocycles. The van der Waals surface area contributed by atoms with E-state index in [1.807, 2.05) is 0 Å². The zero-order valence-corrected chi connectivity index (χ0v) is 8.11. The number of ether oxygens (including phenoxy) is 1. The van der Waals surface area contributed by atoms with Crippen molar-refractivity contribution in [3.05, 3.63) is 0 Å². The molecule has 5 nitrogen and oxygen atoms in total. The van der Waals surface area contributed by atoms with Crippen LogP contribution in [0.3, 0.4) is 0 Å². The minimum absolute atomic E-state index is 0.0161. The van der Waals surface area contributed by atoms with Crippen molar-refractivity contribution in [2.75, 3.05) is 19.8 Å². The quantitative estimate of drug-likeness (QED) is 0.616. The van der Waals surface area contributed by atoms with Gasteiger partial charge in [-0.05, 0) is 12.8 Å². The van der Waals surface area contributed by atoms with Crippen LogP contribution in [0, 0.1) is 0 Å². The predicted octanol–water partition coefficient (Wildman–Crippen LogP) is -0.737. The van der Waals surface area contributed by atoms with Crippen molar-refractivity contribution in [3.8, 4) is 0 Å². The molecule has 0 radical (unpaired) electrons. The van der Waals surface area contributed by atoms with Crippen LogP contribution in [0.25, 0.3) is 0 Å². The van der Waals surface area contributed by atoms with Gasteiger partial charge in [-0.25, -0.2) is 0 Å². The number of amides is 1. The topological polar surface area (TPSA) is 61.8 Å². The van der Waals surface area contributed by atoms with Crippen molar-refractivity contribution in [3.63, 3.8) is 0 Å². The molecule has 80 valence electrons. The Balaban J connectivity index is 1.82. The third kappa shape index (κ3) is 2.05. The second-order valence-electron chi connectivity index (χ2n) is 3.79. The summed E-state index contributed by atoms with van der Waals surface area (Å²) >= 11 is 0. The van der Waals surface area contributed by atoms with E-state index < -0.39 is 0 Å². The van der Waals surface area contributed by atoms with Gasteiger partial charge >= 0.3 is 0 Å². The summed E-state index contributed by atoms with van der Waals surface area (Å²) in [7, 11) is 0. The standard InChI is InChI=1S/C9H16N2O3/c12-5-7-1-2-9(14-7)11-4-3-8(13)10-6-11/h7,9,12H,1-6H2,(H,10,13). The zero-order valence-electron chi connectivity index (χ0n) is 8.11. The number of carbonyl (C=O) groups is 1. The lowest BCUT2D eigenvalue weighted by molar-refractivity contribution is -0.129. The maximum absolute atomic E-state index is 10.9. The minimum Gasteiger partial charge on any atom is -0.394 e. The molecule has 0 aromatic carbocycles. The molecule has 2 fully saturated rings. The third-order valence-electron chi connectivity index (χ3n) is 2.80. The van der Waals surface area contributed by atoms with Crippen LogP contribution in [-0.4, -0.2) is 48.1 Å². The molecule has 2 unspecified atom stereocenters. The fourth-order valence-corrected chi connectivity index (χ4v) is 1.94. The second kappa shape index (κ2) is 4.25. The lowest BCUT2D eigenvalue weighted by atomic mass is 10.2. The van der Waals surface area contributed by atoms with Gasteiger partial charge in [0.15, 0.2) is 0 Å². The monoisotopic (exact) mass is 200 g/mol. The summed E-state index contributed by atoms with van der Waals surface area (Å²) in [5.74, 6) is 0.109. The summed E-state index contributed by atoms with van der Waals surface area (Å²) in [6, 6.07) is 0.